The molecule has 1 aromatic heterocycles. The van der Waals surface area contributed by atoms with Crippen molar-refractivity contribution in [1.82, 2.24) is 19.2 Å². The van der Waals surface area contributed by atoms with Crippen LogP contribution < -0.4 is 5.32 Å². The van der Waals surface area contributed by atoms with Crippen LogP contribution in [-0.4, -0.2) is 60.8 Å². The fraction of sp³-hybridized carbons (Fsp3) is 0.263. The van der Waals surface area contributed by atoms with Gasteiger partial charge in [0.1, 0.15) is 12.1 Å². The van der Waals surface area contributed by atoms with Crippen LogP contribution in [0, 0.1) is 0 Å². The SMILES string of the molecule is CN1CCN(S(=O)(=O)c2ccc(Nc3ncnc4cc(Cl)ccc34)cc2)CC1. The van der Waals surface area contributed by atoms with Gasteiger partial charge in [-0.05, 0) is 49.5 Å². The number of rotatable bonds is 4. The van der Waals surface area contributed by atoms with Crippen LogP contribution in [0.4, 0.5) is 11.5 Å². The van der Waals surface area contributed by atoms with E-state index in [4.69, 9.17) is 11.6 Å². The van der Waals surface area contributed by atoms with Gasteiger partial charge in [0, 0.05) is 42.3 Å². The van der Waals surface area contributed by atoms with Crippen molar-refractivity contribution in [2.75, 3.05) is 38.5 Å². The van der Waals surface area contributed by atoms with Crippen molar-refractivity contribution in [3.05, 3.63) is 53.8 Å². The number of sulfonamides is 1. The lowest BCUT2D eigenvalue weighted by molar-refractivity contribution is 0.222. The zero-order valence-corrected chi connectivity index (χ0v) is 16.9. The summed E-state index contributed by atoms with van der Waals surface area (Å²) in [6.07, 6.45) is 1.47. The zero-order valence-electron chi connectivity index (χ0n) is 15.3. The highest BCUT2D eigenvalue weighted by Gasteiger charge is 2.27. The van der Waals surface area contributed by atoms with Crippen LogP contribution in [0.25, 0.3) is 10.9 Å². The number of anilines is 2. The molecule has 2 heterocycles. The van der Waals surface area contributed by atoms with Gasteiger partial charge < -0.3 is 10.2 Å². The first kappa shape index (κ1) is 19.1. The molecule has 0 bridgehead atoms. The van der Waals surface area contributed by atoms with Crippen molar-refractivity contribution in [3.8, 4) is 0 Å². The molecule has 0 atom stereocenters. The lowest BCUT2D eigenvalue weighted by Gasteiger charge is -2.31. The highest BCUT2D eigenvalue weighted by molar-refractivity contribution is 7.89. The van der Waals surface area contributed by atoms with Crippen molar-refractivity contribution in [2.24, 2.45) is 0 Å². The van der Waals surface area contributed by atoms with Crippen LogP contribution in [0.1, 0.15) is 0 Å². The summed E-state index contributed by atoms with van der Waals surface area (Å²) < 4.78 is 27.2. The lowest BCUT2D eigenvalue weighted by Crippen LogP contribution is -2.46. The van der Waals surface area contributed by atoms with Crippen LogP contribution in [0.3, 0.4) is 0 Å². The van der Waals surface area contributed by atoms with Gasteiger partial charge in [-0.25, -0.2) is 18.4 Å². The number of fused-ring (bicyclic) bond motifs is 1. The molecule has 3 aromatic rings. The van der Waals surface area contributed by atoms with Gasteiger partial charge in [-0.1, -0.05) is 11.6 Å². The average Bonchev–Trinajstić information content (AvgIpc) is 2.69. The largest absolute Gasteiger partial charge is 0.340 e. The van der Waals surface area contributed by atoms with Crippen LogP contribution in [0.2, 0.25) is 5.02 Å². The Bertz CT molecular complexity index is 1100. The molecule has 1 fully saturated rings. The Morgan fingerprint density at radius 2 is 1.71 bits per heavy atom. The van der Waals surface area contributed by atoms with E-state index in [0.29, 0.717) is 28.8 Å². The minimum Gasteiger partial charge on any atom is -0.340 e. The quantitative estimate of drug-likeness (QED) is 0.703. The summed E-state index contributed by atoms with van der Waals surface area (Å²) in [6.45, 7) is 2.50. The Balaban J connectivity index is 1.56. The van der Waals surface area contributed by atoms with Crippen molar-refractivity contribution in [2.45, 2.75) is 4.90 Å². The number of hydrogen-bond acceptors (Lipinski definition) is 6. The Morgan fingerprint density at radius 3 is 2.43 bits per heavy atom. The molecule has 0 amide bonds. The number of nitrogens with zero attached hydrogens (tertiary/aromatic N) is 4. The molecular formula is C19H20ClN5O2S. The van der Waals surface area contributed by atoms with Gasteiger partial charge in [0.2, 0.25) is 10.0 Å². The summed E-state index contributed by atoms with van der Waals surface area (Å²) in [7, 11) is -1.48. The normalized spacial score (nSPS) is 16.4. The maximum Gasteiger partial charge on any atom is 0.243 e. The molecular weight excluding hydrogens is 398 g/mol. The highest BCUT2D eigenvalue weighted by Crippen LogP contribution is 2.26. The Morgan fingerprint density at radius 1 is 1.00 bits per heavy atom. The number of halogens is 1. The second-order valence-electron chi connectivity index (χ2n) is 6.74. The molecule has 0 aliphatic carbocycles. The molecule has 0 saturated carbocycles. The van der Waals surface area contributed by atoms with E-state index in [-0.39, 0.29) is 0 Å². The fourth-order valence-corrected chi connectivity index (χ4v) is 4.74. The van der Waals surface area contributed by atoms with Gasteiger partial charge in [0.15, 0.2) is 0 Å². The lowest BCUT2D eigenvalue weighted by atomic mass is 10.2. The number of nitrogens with one attached hydrogen (secondary N) is 1. The van der Waals surface area contributed by atoms with Crippen LogP contribution in [0.5, 0.6) is 0 Å². The van der Waals surface area contributed by atoms with Gasteiger partial charge in [-0.15, -0.1) is 0 Å². The maximum atomic E-state index is 12.8. The predicted octanol–water partition coefficient (Wildman–Crippen LogP) is 2.96. The summed E-state index contributed by atoms with van der Waals surface area (Å²) in [6, 6.07) is 12.1. The van der Waals surface area contributed by atoms with E-state index in [9.17, 15) is 8.42 Å². The second-order valence-corrected chi connectivity index (χ2v) is 9.11. The van der Waals surface area contributed by atoms with E-state index >= 15 is 0 Å². The molecule has 1 N–H and O–H groups in total. The van der Waals surface area contributed by atoms with Gasteiger partial charge in [0.05, 0.1) is 10.4 Å². The first-order valence-electron chi connectivity index (χ1n) is 8.89. The monoisotopic (exact) mass is 417 g/mol. The smallest absolute Gasteiger partial charge is 0.243 e. The Kier molecular flexibility index (Phi) is 5.20. The Hall–Kier alpha value is -2.26. The molecule has 28 heavy (non-hydrogen) atoms. The van der Waals surface area contributed by atoms with Crippen molar-refractivity contribution in [1.29, 1.82) is 0 Å². The van der Waals surface area contributed by atoms with E-state index < -0.39 is 10.0 Å². The number of aromatic nitrogens is 2. The van der Waals surface area contributed by atoms with E-state index in [1.54, 1.807) is 36.4 Å². The molecule has 0 spiro atoms. The number of hydrogen-bond donors (Lipinski definition) is 1. The summed E-state index contributed by atoms with van der Waals surface area (Å²) in [5, 5.41) is 4.66. The van der Waals surface area contributed by atoms with Gasteiger partial charge in [0.25, 0.3) is 0 Å². The molecule has 1 saturated heterocycles. The number of piperazine rings is 1. The van der Waals surface area contributed by atoms with Crippen LogP contribution in [0.15, 0.2) is 53.7 Å². The van der Waals surface area contributed by atoms with Crippen LogP contribution >= 0.6 is 11.6 Å². The van der Waals surface area contributed by atoms with Crippen molar-refractivity contribution < 1.29 is 8.42 Å². The fourth-order valence-electron chi connectivity index (χ4n) is 3.15. The molecule has 1 aliphatic rings. The third kappa shape index (κ3) is 3.81. The molecule has 2 aromatic carbocycles. The summed E-state index contributed by atoms with van der Waals surface area (Å²) in [4.78, 5) is 10.9. The van der Waals surface area contributed by atoms with Crippen molar-refractivity contribution >= 4 is 44.0 Å². The summed E-state index contributed by atoms with van der Waals surface area (Å²) in [5.74, 6) is 0.636. The van der Waals surface area contributed by atoms with E-state index in [2.05, 4.69) is 20.2 Å². The zero-order chi connectivity index (χ0) is 19.7. The maximum absolute atomic E-state index is 12.8. The molecule has 146 valence electrons. The Labute approximate surface area is 169 Å². The first-order valence-corrected chi connectivity index (χ1v) is 10.7. The minimum absolute atomic E-state index is 0.293. The van der Waals surface area contributed by atoms with Gasteiger partial charge in [-0.3, -0.25) is 0 Å². The van der Waals surface area contributed by atoms with Crippen molar-refractivity contribution in [3.63, 3.8) is 0 Å². The number of likely N-dealkylation sites (N-methyl/N-ethyl adjacent to an activating group) is 1. The minimum atomic E-state index is -3.48. The topological polar surface area (TPSA) is 78.4 Å². The predicted molar refractivity (Wildman–Crippen MR) is 111 cm³/mol. The van der Waals surface area contributed by atoms with E-state index in [1.807, 2.05) is 13.1 Å². The van der Waals surface area contributed by atoms with E-state index in [1.165, 1.54) is 10.6 Å². The average molecular weight is 418 g/mol. The van der Waals surface area contributed by atoms with Crippen LogP contribution in [-0.2, 0) is 10.0 Å². The molecule has 7 nitrogen and oxygen atoms in total. The third-order valence-corrected chi connectivity index (χ3v) is 6.96. The summed E-state index contributed by atoms with van der Waals surface area (Å²) in [5.41, 5.74) is 1.48. The molecule has 4 rings (SSSR count). The van der Waals surface area contributed by atoms with E-state index in [0.717, 1.165) is 29.7 Å². The first-order chi connectivity index (χ1) is 13.4. The molecule has 1 aliphatic heterocycles. The van der Waals surface area contributed by atoms with Gasteiger partial charge >= 0.3 is 0 Å². The summed E-state index contributed by atoms with van der Waals surface area (Å²) >= 11 is 6.02. The standard InChI is InChI=1S/C19H20ClN5O2S/c1-24-8-10-25(11-9-24)28(26,27)16-5-3-15(4-6-16)23-19-17-7-2-14(20)12-18(17)21-13-22-19/h2-7,12-13H,8-11H2,1H3,(H,21,22,23). The second kappa shape index (κ2) is 7.63. The third-order valence-electron chi connectivity index (χ3n) is 4.82. The molecule has 9 heteroatoms. The highest BCUT2D eigenvalue weighted by atomic mass is 35.5. The molecule has 0 unspecified atom stereocenters. The number of benzene rings is 2. The molecule has 0 radical (unpaired) electrons. The van der Waals surface area contributed by atoms with Gasteiger partial charge in [-0.2, -0.15) is 4.31 Å².